The molecule has 6 nitrogen and oxygen atoms in total. The van der Waals surface area contributed by atoms with Crippen LogP contribution in [-0.4, -0.2) is 52.8 Å². The highest BCUT2D eigenvalue weighted by molar-refractivity contribution is 5.85. The number of nitrogens with zero attached hydrogens (tertiary/aromatic N) is 1. The quantitative estimate of drug-likeness (QED) is 0.841. The van der Waals surface area contributed by atoms with Crippen LogP contribution in [0.1, 0.15) is 12.0 Å². The number of likely N-dealkylation sites (tertiary alicyclic amines) is 1. The molecular weight excluding hydrogens is 281 g/mol. The Morgan fingerprint density at radius 3 is 2.76 bits per heavy atom. The van der Waals surface area contributed by atoms with Gasteiger partial charge in [-0.15, -0.1) is 0 Å². The van der Waals surface area contributed by atoms with Crippen molar-refractivity contribution in [1.82, 2.24) is 4.90 Å². The Morgan fingerprint density at radius 2 is 2.19 bits per heavy atom. The number of hydrogen-bond donors (Lipinski definition) is 2. The number of carbonyl (C=O) groups is 2. The molecule has 1 unspecified atom stereocenters. The van der Waals surface area contributed by atoms with Crippen molar-refractivity contribution in [2.24, 2.45) is 0 Å². The molecule has 1 aromatic rings. The van der Waals surface area contributed by atoms with Gasteiger partial charge in [-0.25, -0.2) is 9.18 Å². The number of hydrogen-bond acceptors (Lipinski definition) is 4. The van der Waals surface area contributed by atoms with E-state index >= 15 is 0 Å². The molecule has 2 atom stereocenters. The number of amides is 1. The molecule has 114 valence electrons. The van der Waals surface area contributed by atoms with Crippen LogP contribution in [0.4, 0.5) is 4.39 Å². The van der Waals surface area contributed by atoms with E-state index in [1.165, 1.54) is 19.2 Å². The standard InChI is InChI=1S/C14H16FNO5/c1-21-12-3-2-8(4-10(12)15)5-13(18)16-7-9(17)6-11(16)14(19)20/h2-4,9,11,17H,5-7H2,1H3,(H,19,20)/t9?,11-/m0/s1. The minimum absolute atomic E-state index is 0.0120. The van der Waals surface area contributed by atoms with Gasteiger partial charge in [0.15, 0.2) is 11.6 Å². The molecule has 0 spiro atoms. The minimum atomic E-state index is -1.15. The van der Waals surface area contributed by atoms with E-state index in [1.54, 1.807) is 6.07 Å². The summed E-state index contributed by atoms with van der Waals surface area (Å²) in [5, 5.41) is 18.6. The van der Waals surface area contributed by atoms with Gasteiger partial charge < -0.3 is 19.8 Å². The first kappa shape index (κ1) is 15.2. The number of aliphatic hydroxyl groups excluding tert-OH is 1. The summed E-state index contributed by atoms with van der Waals surface area (Å²) >= 11 is 0. The number of β-amino-alcohol motifs (C(OH)–C–C–N with tert-alkyl or cyclic N) is 1. The smallest absolute Gasteiger partial charge is 0.326 e. The first-order chi connectivity index (χ1) is 9.92. The van der Waals surface area contributed by atoms with E-state index in [-0.39, 0.29) is 25.1 Å². The maximum absolute atomic E-state index is 13.6. The first-order valence-corrected chi connectivity index (χ1v) is 6.45. The number of halogens is 1. The molecule has 1 fully saturated rings. The van der Waals surface area contributed by atoms with Crippen LogP contribution in [0, 0.1) is 5.82 Å². The fourth-order valence-electron chi connectivity index (χ4n) is 2.42. The Balaban J connectivity index is 2.10. The average molecular weight is 297 g/mol. The Labute approximate surface area is 120 Å². The summed E-state index contributed by atoms with van der Waals surface area (Å²) in [5.74, 6) is -2.12. The van der Waals surface area contributed by atoms with Crippen molar-refractivity contribution in [2.75, 3.05) is 13.7 Å². The molecular formula is C14H16FNO5. The molecule has 21 heavy (non-hydrogen) atoms. The number of carboxylic acids is 1. The van der Waals surface area contributed by atoms with Gasteiger partial charge in [0, 0.05) is 13.0 Å². The van der Waals surface area contributed by atoms with Crippen LogP contribution in [0.5, 0.6) is 5.75 Å². The minimum Gasteiger partial charge on any atom is -0.494 e. The van der Waals surface area contributed by atoms with Gasteiger partial charge in [-0.1, -0.05) is 6.07 Å². The Bertz CT molecular complexity index is 562. The van der Waals surface area contributed by atoms with Crippen molar-refractivity contribution in [1.29, 1.82) is 0 Å². The molecule has 1 aliphatic heterocycles. The lowest BCUT2D eigenvalue weighted by Gasteiger charge is -2.21. The number of methoxy groups -OCH3 is 1. The summed E-state index contributed by atoms with van der Waals surface area (Å²) in [6, 6.07) is 3.10. The van der Waals surface area contributed by atoms with E-state index in [2.05, 4.69) is 0 Å². The highest BCUT2D eigenvalue weighted by Crippen LogP contribution is 2.21. The number of carbonyl (C=O) groups excluding carboxylic acids is 1. The highest BCUT2D eigenvalue weighted by atomic mass is 19.1. The summed E-state index contributed by atoms with van der Waals surface area (Å²) in [7, 11) is 1.34. The second-order valence-corrected chi connectivity index (χ2v) is 4.94. The van der Waals surface area contributed by atoms with Gasteiger partial charge in [0.25, 0.3) is 0 Å². The predicted molar refractivity (Wildman–Crippen MR) is 70.4 cm³/mol. The number of carboxylic acid groups (broad SMARTS) is 1. The Hall–Kier alpha value is -2.15. The first-order valence-electron chi connectivity index (χ1n) is 6.45. The van der Waals surface area contributed by atoms with Crippen molar-refractivity contribution in [3.8, 4) is 5.75 Å². The molecule has 2 N–H and O–H groups in total. The van der Waals surface area contributed by atoms with Crippen molar-refractivity contribution >= 4 is 11.9 Å². The molecule has 0 saturated carbocycles. The molecule has 7 heteroatoms. The lowest BCUT2D eigenvalue weighted by molar-refractivity contribution is -0.148. The van der Waals surface area contributed by atoms with Crippen LogP contribution >= 0.6 is 0 Å². The molecule has 0 aliphatic carbocycles. The zero-order chi connectivity index (χ0) is 15.6. The monoisotopic (exact) mass is 297 g/mol. The second-order valence-electron chi connectivity index (χ2n) is 4.94. The van der Waals surface area contributed by atoms with Gasteiger partial charge in [-0.2, -0.15) is 0 Å². The van der Waals surface area contributed by atoms with Gasteiger partial charge in [0.05, 0.1) is 19.6 Å². The van der Waals surface area contributed by atoms with Crippen LogP contribution in [0.2, 0.25) is 0 Å². The van der Waals surface area contributed by atoms with Gasteiger partial charge in [0.2, 0.25) is 5.91 Å². The molecule has 2 rings (SSSR count). The summed E-state index contributed by atoms with van der Waals surface area (Å²) in [5.41, 5.74) is 0.420. The molecule has 0 radical (unpaired) electrons. The molecule has 0 aromatic heterocycles. The Morgan fingerprint density at radius 1 is 1.48 bits per heavy atom. The van der Waals surface area contributed by atoms with Crippen molar-refractivity contribution in [3.63, 3.8) is 0 Å². The van der Waals surface area contributed by atoms with Crippen molar-refractivity contribution in [3.05, 3.63) is 29.6 Å². The van der Waals surface area contributed by atoms with Crippen LogP contribution in [-0.2, 0) is 16.0 Å². The molecule has 1 saturated heterocycles. The maximum atomic E-state index is 13.6. The molecule has 0 bridgehead atoms. The lowest BCUT2D eigenvalue weighted by atomic mass is 10.1. The summed E-state index contributed by atoms with van der Waals surface area (Å²) < 4.78 is 18.3. The zero-order valence-corrected chi connectivity index (χ0v) is 11.5. The summed E-state index contributed by atoms with van der Waals surface area (Å²) in [4.78, 5) is 24.3. The van der Waals surface area contributed by atoms with Crippen LogP contribution in [0.3, 0.4) is 0 Å². The molecule has 1 aliphatic rings. The van der Waals surface area contributed by atoms with Crippen molar-refractivity contribution in [2.45, 2.75) is 25.0 Å². The number of benzene rings is 1. The van der Waals surface area contributed by atoms with E-state index in [9.17, 15) is 19.1 Å². The van der Waals surface area contributed by atoms with Crippen LogP contribution in [0.15, 0.2) is 18.2 Å². The van der Waals surface area contributed by atoms with Crippen molar-refractivity contribution < 1.29 is 28.9 Å². The largest absolute Gasteiger partial charge is 0.494 e. The average Bonchev–Trinajstić information content (AvgIpc) is 2.81. The number of aliphatic carboxylic acids is 1. The Kier molecular flexibility index (Phi) is 4.42. The van der Waals surface area contributed by atoms with E-state index in [0.717, 1.165) is 4.90 Å². The maximum Gasteiger partial charge on any atom is 0.326 e. The third-order valence-corrected chi connectivity index (χ3v) is 3.46. The predicted octanol–water partition coefficient (Wildman–Crippen LogP) is 0.423. The molecule has 1 heterocycles. The van der Waals surface area contributed by atoms with Crippen LogP contribution < -0.4 is 4.74 Å². The third-order valence-electron chi connectivity index (χ3n) is 3.46. The SMILES string of the molecule is COc1ccc(CC(=O)N2CC(O)C[C@H]2C(=O)O)cc1F. The van der Waals surface area contributed by atoms with Gasteiger partial charge in [0.1, 0.15) is 6.04 Å². The van der Waals surface area contributed by atoms with Gasteiger partial charge >= 0.3 is 5.97 Å². The second kappa shape index (κ2) is 6.09. The fraction of sp³-hybridized carbons (Fsp3) is 0.429. The number of aliphatic hydroxyl groups is 1. The summed E-state index contributed by atoms with van der Waals surface area (Å²) in [6.45, 7) is -0.0194. The third kappa shape index (κ3) is 3.30. The number of rotatable bonds is 4. The van der Waals surface area contributed by atoms with Crippen LogP contribution in [0.25, 0.3) is 0 Å². The van der Waals surface area contributed by atoms with E-state index in [0.29, 0.717) is 5.56 Å². The van der Waals surface area contributed by atoms with E-state index in [1.807, 2.05) is 0 Å². The van der Waals surface area contributed by atoms with Gasteiger partial charge in [-0.05, 0) is 17.7 Å². The highest BCUT2D eigenvalue weighted by Gasteiger charge is 2.38. The normalized spacial score (nSPS) is 21.4. The lowest BCUT2D eigenvalue weighted by Crippen LogP contribution is -2.41. The topological polar surface area (TPSA) is 87.1 Å². The zero-order valence-electron chi connectivity index (χ0n) is 11.5. The molecule has 1 amide bonds. The summed E-state index contributed by atoms with van der Waals surface area (Å²) in [6.07, 6.45) is -0.960. The van der Waals surface area contributed by atoms with Gasteiger partial charge in [-0.3, -0.25) is 4.79 Å². The van der Waals surface area contributed by atoms with E-state index < -0.39 is 29.8 Å². The van der Waals surface area contributed by atoms with E-state index in [4.69, 9.17) is 9.84 Å². The fourth-order valence-corrected chi connectivity index (χ4v) is 2.42. The molecule has 1 aromatic carbocycles. The number of ether oxygens (including phenoxy) is 1.